The fourth-order valence-electron chi connectivity index (χ4n) is 4.64. The summed E-state index contributed by atoms with van der Waals surface area (Å²) >= 11 is 0. The first-order chi connectivity index (χ1) is 15.6. The van der Waals surface area contributed by atoms with Gasteiger partial charge in [-0.25, -0.2) is 0 Å². The number of para-hydroxylation sites is 1. The number of rotatable bonds is 7. The predicted octanol–water partition coefficient (Wildman–Crippen LogP) is 3.46. The third-order valence-electron chi connectivity index (χ3n) is 6.49. The van der Waals surface area contributed by atoms with Crippen molar-refractivity contribution >= 4 is 22.7 Å². The number of H-pyrrole nitrogens is 1. The summed E-state index contributed by atoms with van der Waals surface area (Å²) in [5, 5.41) is 1.10. The highest BCUT2D eigenvalue weighted by Gasteiger charge is 2.32. The topological polar surface area (TPSA) is 59.7 Å². The van der Waals surface area contributed by atoms with Gasteiger partial charge in [-0.1, -0.05) is 62.4 Å². The zero-order valence-electron chi connectivity index (χ0n) is 19.0. The molecule has 0 bridgehead atoms. The first-order valence-corrected chi connectivity index (χ1v) is 11.5. The van der Waals surface area contributed by atoms with E-state index in [4.69, 9.17) is 0 Å². The van der Waals surface area contributed by atoms with Crippen molar-refractivity contribution in [1.29, 1.82) is 0 Å². The zero-order chi connectivity index (χ0) is 22.5. The van der Waals surface area contributed by atoms with Crippen molar-refractivity contribution < 1.29 is 9.59 Å². The number of fused-ring (bicyclic) bond motifs is 1. The van der Waals surface area contributed by atoms with Crippen molar-refractivity contribution in [3.8, 4) is 0 Å². The molecule has 1 fully saturated rings. The van der Waals surface area contributed by atoms with Crippen LogP contribution >= 0.6 is 0 Å². The number of nitrogens with one attached hydrogen (secondary N) is 1. The van der Waals surface area contributed by atoms with E-state index in [-0.39, 0.29) is 17.9 Å². The van der Waals surface area contributed by atoms with Gasteiger partial charge in [0, 0.05) is 43.3 Å². The third kappa shape index (κ3) is 4.55. The van der Waals surface area contributed by atoms with E-state index in [9.17, 15) is 9.59 Å². The fraction of sp³-hybridized carbons (Fsp3) is 0.385. The van der Waals surface area contributed by atoms with E-state index in [1.54, 1.807) is 0 Å². The number of hydrogen-bond acceptors (Lipinski definition) is 3. The molecule has 0 spiro atoms. The molecule has 1 unspecified atom stereocenters. The van der Waals surface area contributed by atoms with Gasteiger partial charge in [-0.05, 0) is 30.3 Å². The molecule has 1 aromatic heterocycles. The maximum absolute atomic E-state index is 13.5. The highest BCUT2D eigenvalue weighted by Crippen LogP contribution is 2.24. The first kappa shape index (κ1) is 22.1. The Labute approximate surface area is 189 Å². The lowest BCUT2D eigenvalue weighted by Crippen LogP contribution is -2.53. The molecule has 0 saturated carbocycles. The van der Waals surface area contributed by atoms with Crippen molar-refractivity contribution in [3.05, 3.63) is 71.9 Å². The van der Waals surface area contributed by atoms with Gasteiger partial charge < -0.3 is 14.8 Å². The predicted molar refractivity (Wildman–Crippen MR) is 127 cm³/mol. The molecule has 32 heavy (non-hydrogen) atoms. The number of piperazine rings is 1. The van der Waals surface area contributed by atoms with Gasteiger partial charge in [0.15, 0.2) is 0 Å². The van der Waals surface area contributed by atoms with Crippen LogP contribution in [-0.4, -0.2) is 70.8 Å². The lowest BCUT2D eigenvalue weighted by Gasteiger charge is -2.39. The Bertz CT molecular complexity index is 1050. The molecule has 0 aliphatic carbocycles. The van der Waals surface area contributed by atoms with E-state index in [0.29, 0.717) is 32.6 Å². The summed E-state index contributed by atoms with van der Waals surface area (Å²) in [6, 6.07) is 17.8. The third-order valence-corrected chi connectivity index (χ3v) is 6.49. The monoisotopic (exact) mass is 432 g/mol. The van der Waals surface area contributed by atoms with Crippen LogP contribution in [0.1, 0.15) is 31.0 Å². The molecule has 2 aromatic carbocycles. The van der Waals surface area contributed by atoms with Crippen LogP contribution in [0.15, 0.2) is 60.8 Å². The molecule has 1 saturated heterocycles. The quantitative estimate of drug-likeness (QED) is 0.622. The summed E-state index contributed by atoms with van der Waals surface area (Å²) in [6.07, 6.45) is 2.31. The molecule has 3 aromatic rings. The number of hydrogen-bond donors (Lipinski definition) is 1. The lowest BCUT2D eigenvalue weighted by atomic mass is 10.0. The molecular weight excluding hydrogens is 400 g/mol. The summed E-state index contributed by atoms with van der Waals surface area (Å²) in [5.74, 6) is 0.244. The highest BCUT2D eigenvalue weighted by atomic mass is 16.2. The molecule has 0 radical (unpaired) electrons. The normalized spacial score (nSPS) is 15.3. The standard InChI is InChI=1S/C26H32N4O2/c1-3-28(4-2)25(20-10-6-5-7-11-20)26(32)30-16-14-29(15-17-30)24(31)18-21-19-27-23-13-9-8-12-22(21)23/h5-13,19,25,27H,3-4,14-18H2,1-2H3. The zero-order valence-corrected chi connectivity index (χ0v) is 19.0. The smallest absolute Gasteiger partial charge is 0.244 e. The molecule has 6 heteroatoms. The Balaban J connectivity index is 1.40. The summed E-state index contributed by atoms with van der Waals surface area (Å²) < 4.78 is 0. The highest BCUT2D eigenvalue weighted by molar-refractivity contribution is 5.89. The van der Waals surface area contributed by atoms with Gasteiger partial charge in [-0.3, -0.25) is 14.5 Å². The lowest BCUT2D eigenvalue weighted by molar-refractivity contribution is -0.143. The van der Waals surface area contributed by atoms with Gasteiger partial charge in [0.05, 0.1) is 6.42 Å². The molecule has 1 aliphatic heterocycles. The van der Waals surface area contributed by atoms with Crippen LogP contribution < -0.4 is 0 Å². The number of nitrogens with zero attached hydrogens (tertiary/aromatic N) is 3. The van der Waals surface area contributed by atoms with E-state index in [2.05, 4.69) is 23.7 Å². The minimum absolute atomic E-state index is 0.116. The molecule has 1 aliphatic rings. The van der Waals surface area contributed by atoms with Gasteiger partial charge in [0.1, 0.15) is 6.04 Å². The second-order valence-corrected chi connectivity index (χ2v) is 8.28. The number of likely N-dealkylation sites (N-methyl/N-ethyl adjacent to an activating group) is 1. The maximum Gasteiger partial charge on any atom is 0.244 e. The van der Waals surface area contributed by atoms with E-state index in [0.717, 1.165) is 35.1 Å². The van der Waals surface area contributed by atoms with Crippen molar-refractivity contribution in [2.75, 3.05) is 39.3 Å². The summed E-state index contributed by atoms with van der Waals surface area (Å²) in [5.41, 5.74) is 3.10. The van der Waals surface area contributed by atoms with Crippen molar-refractivity contribution in [1.82, 2.24) is 19.7 Å². The minimum atomic E-state index is -0.278. The summed E-state index contributed by atoms with van der Waals surface area (Å²) in [4.78, 5) is 35.7. The van der Waals surface area contributed by atoms with Crippen molar-refractivity contribution in [3.63, 3.8) is 0 Å². The van der Waals surface area contributed by atoms with Crippen molar-refractivity contribution in [2.45, 2.75) is 26.3 Å². The fourth-order valence-corrected chi connectivity index (χ4v) is 4.64. The van der Waals surface area contributed by atoms with Gasteiger partial charge in [0.2, 0.25) is 11.8 Å². The molecule has 168 valence electrons. The molecule has 6 nitrogen and oxygen atoms in total. The molecule has 2 heterocycles. The van der Waals surface area contributed by atoms with E-state index < -0.39 is 0 Å². The maximum atomic E-state index is 13.5. The van der Waals surface area contributed by atoms with Gasteiger partial charge in [-0.2, -0.15) is 0 Å². The average molecular weight is 433 g/mol. The Morgan fingerprint density at radius 1 is 0.906 bits per heavy atom. The van der Waals surface area contributed by atoms with Gasteiger partial charge >= 0.3 is 0 Å². The number of carbonyl (C=O) groups is 2. The number of benzene rings is 2. The minimum Gasteiger partial charge on any atom is -0.361 e. The number of aromatic amines is 1. The van der Waals surface area contributed by atoms with Crippen LogP contribution in [0.2, 0.25) is 0 Å². The van der Waals surface area contributed by atoms with Crippen LogP contribution in [0.25, 0.3) is 10.9 Å². The number of carbonyl (C=O) groups excluding carboxylic acids is 2. The van der Waals surface area contributed by atoms with Gasteiger partial charge in [0.25, 0.3) is 0 Å². The van der Waals surface area contributed by atoms with Crippen LogP contribution in [0.5, 0.6) is 0 Å². The SMILES string of the molecule is CCN(CC)C(C(=O)N1CCN(C(=O)Cc2c[nH]c3ccccc23)CC1)c1ccccc1. The summed E-state index contributed by atoms with van der Waals surface area (Å²) in [6.45, 7) is 8.10. The van der Waals surface area contributed by atoms with E-state index in [1.165, 1.54) is 0 Å². The first-order valence-electron chi connectivity index (χ1n) is 11.5. The second-order valence-electron chi connectivity index (χ2n) is 8.28. The number of aromatic nitrogens is 1. The Kier molecular flexibility index (Phi) is 6.90. The Morgan fingerprint density at radius 3 is 2.22 bits per heavy atom. The summed E-state index contributed by atoms with van der Waals surface area (Å²) in [7, 11) is 0. The Hall–Kier alpha value is -3.12. The van der Waals surface area contributed by atoms with Crippen LogP contribution in [0.3, 0.4) is 0 Å². The van der Waals surface area contributed by atoms with Crippen LogP contribution in [0, 0.1) is 0 Å². The van der Waals surface area contributed by atoms with Crippen LogP contribution in [-0.2, 0) is 16.0 Å². The van der Waals surface area contributed by atoms with E-state index >= 15 is 0 Å². The molecule has 1 atom stereocenters. The van der Waals surface area contributed by atoms with E-state index in [1.807, 2.05) is 70.6 Å². The molecular formula is C26H32N4O2. The average Bonchev–Trinajstić information content (AvgIpc) is 3.25. The second kappa shape index (κ2) is 10.0. The number of amides is 2. The van der Waals surface area contributed by atoms with Crippen LogP contribution in [0.4, 0.5) is 0 Å². The largest absolute Gasteiger partial charge is 0.361 e. The molecule has 2 amide bonds. The molecule has 4 rings (SSSR count). The molecule has 1 N–H and O–H groups in total. The van der Waals surface area contributed by atoms with Gasteiger partial charge in [-0.15, -0.1) is 0 Å². The Morgan fingerprint density at radius 2 is 1.53 bits per heavy atom. The van der Waals surface area contributed by atoms with Crippen molar-refractivity contribution in [2.24, 2.45) is 0 Å².